The molecular formula is C17H19FN4O4S. The monoisotopic (exact) mass is 394 g/mol. The summed E-state index contributed by atoms with van der Waals surface area (Å²) in [6.07, 6.45) is 2.23. The summed E-state index contributed by atoms with van der Waals surface area (Å²) in [5.41, 5.74) is 0.740. The van der Waals surface area contributed by atoms with Gasteiger partial charge in [-0.2, -0.15) is 5.10 Å². The number of hydrogen-bond donors (Lipinski definition) is 0. The number of halogens is 1. The van der Waals surface area contributed by atoms with E-state index < -0.39 is 11.9 Å². The minimum absolute atomic E-state index is 0.322. The minimum Gasteiger partial charge on any atom is -0.490 e. The van der Waals surface area contributed by atoms with Gasteiger partial charge in [0.25, 0.3) is 0 Å². The Morgan fingerprint density at radius 3 is 2.93 bits per heavy atom. The van der Waals surface area contributed by atoms with E-state index in [1.165, 1.54) is 29.4 Å². The lowest BCUT2D eigenvalue weighted by Gasteiger charge is -2.27. The summed E-state index contributed by atoms with van der Waals surface area (Å²) >= 11 is 4.99. The van der Waals surface area contributed by atoms with Gasteiger partial charge >= 0.3 is 6.09 Å². The van der Waals surface area contributed by atoms with E-state index in [0.29, 0.717) is 55.3 Å². The van der Waals surface area contributed by atoms with Crippen molar-refractivity contribution >= 4 is 47.5 Å². The molecule has 10 heteroatoms. The molecule has 0 unspecified atom stereocenters. The van der Waals surface area contributed by atoms with E-state index in [2.05, 4.69) is 5.10 Å². The van der Waals surface area contributed by atoms with Gasteiger partial charge in [-0.1, -0.05) is 0 Å². The van der Waals surface area contributed by atoms with Crippen LogP contribution in [0.25, 0.3) is 0 Å². The summed E-state index contributed by atoms with van der Waals surface area (Å²) < 4.78 is 24.8. The van der Waals surface area contributed by atoms with Crippen LogP contribution in [-0.4, -0.2) is 61.7 Å². The maximum absolute atomic E-state index is 14.6. The molecule has 0 N–H and O–H groups in total. The van der Waals surface area contributed by atoms with Crippen molar-refractivity contribution in [1.29, 1.82) is 0 Å². The van der Waals surface area contributed by atoms with Gasteiger partial charge in [0.1, 0.15) is 18.3 Å². The molecule has 1 fully saturated rings. The SMILES string of the molecule is COC(=S)CC[C@H]1CN(c2ccc(N3C=NN(C=O)CC3)c(F)c2)C(=O)O1. The van der Waals surface area contributed by atoms with Gasteiger partial charge in [0.15, 0.2) is 5.05 Å². The Morgan fingerprint density at radius 1 is 1.48 bits per heavy atom. The third-order valence-electron chi connectivity index (χ3n) is 4.36. The second-order valence-corrected chi connectivity index (χ2v) is 6.52. The van der Waals surface area contributed by atoms with E-state index in [-0.39, 0.29) is 6.10 Å². The molecule has 1 aromatic rings. The predicted octanol–water partition coefficient (Wildman–Crippen LogP) is 2.13. The average Bonchev–Trinajstić information content (AvgIpc) is 3.06. The van der Waals surface area contributed by atoms with Crippen molar-refractivity contribution in [2.75, 3.05) is 36.5 Å². The predicted molar refractivity (Wildman–Crippen MR) is 101 cm³/mol. The van der Waals surface area contributed by atoms with E-state index in [9.17, 15) is 14.0 Å². The molecule has 0 bridgehead atoms. The summed E-state index contributed by atoms with van der Waals surface area (Å²) in [4.78, 5) is 25.8. The molecule has 144 valence electrons. The molecular weight excluding hydrogens is 375 g/mol. The largest absolute Gasteiger partial charge is 0.490 e. The Labute approximate surface area is 161 Å². The van der Waals surface area contributed by atoms with Crippen LogP contribution in [0, 0.1) is 5.82 Å². The summed E-state index contributed by atoms with van der Waals surface area (Å²) in [5, 5.41) is 5.59. The van der Waals surface area contributed by atoms with Crippen molar-refractivity contribution in [3.05, 3.63) is 24.0 Å². The van der Waals surface area contributed by atoms with E-state index in [0.717, 1.165) is 0 Å². The van der Waals surface area contributed by atoms with Crippen LogP contribution < -0.4 is 9.80 Å². The first-order chi connectivity index (χ1) is 13.0. The molecule has 0 spiro atoms. The highest BCUT2D eigenvalue weighted by Crippen LogP contribution is 2.28. The third-order valence-corrected chi connectivity index (χ3v) is 4.73. The van der Waals surface area contributed by atoms with Crippen molar-refractivity contribution in [2.24, 2.45) is 5.10 Å². The number of rotatable bonds is 6. The van der Waals surface area contributed by atoms with Gasteiger partial charge < -0.3 is 14.4 Å². The molecule has 1 aromatic carbocycles. The zero-order chi connectivity index (χ0) is 19.4. The van der Waals surface area contributed by atoms with Crippen molar-refractivity contribution in [1.82, 2.24) is 5.01 Å². The molecule has 2 heterocycles. The van der Waals surface area contributed by atoms with Crippen molar-refractivity contribution in [2.45, 2.75) is 18.9 Å². The van der Waals surface area contributed by atoms with E-state index >= 15 is 0 Å². The molecule has 1 saturated heterocycles. The molecule has 0 aromatic heterocycles. The number of ether oxygens (including phenoxy) is 2. The van der Waals surface area contributed by atoms with Crippen molar-refractivity contribution in [3.63, 3.8) is 0 Å². The first-order valence-electron chi connectivity index (χ1n) is 8.39. The number of carbonyl (C=O) groups is 2. The van der Waals surface area contributed by atoms with Gasteiger partial charge in [0, 0.05) is 13.0 Å². The van der Waals surface area contributed by atoms with Crippen LogP contribution in [0.4, 0.5) is 20.6 Å². The molecule has 27 heavy (non-hydrogen) atoms. The van der Waals surface area contributed by atoms with Gasteiger partial charge in [-0.25, -0.2) is 14.2 Å². The Kier molecular flexibility index (Phi) is 5.84. The number of hydrogen-bond acceptors (Lipinski definition) is 7. The van der Waals surface area contributed by atoms with Crippen LogP contribution in [0.5, 0.6) is 0 Å². The summed E-state index contributed by atoms with van der Waals surface area (Å²) in [6.45, 7) is 1.11. The number of methoxy groups -OCH3 is 1. The van der Waals surface area contributed by atoms with Crippen LogP contribution in [-0.2, 0) is 14.3 Å². The molecule has 3 rings (SSSR count). The second kappa shape index (κ2) is 8.30. The van der Waals surface area contributed by atoms with E-state index in [4.69, 9.17) is 21.7 Å². The molecule has 0 radical (unpaired) electrons. The van der Waals surface area contributed by atoms with Gasteiger partial charge in [0.05, 0.1) is 31.6 Å². The van der Waals surface area contributed by atoms with Crippen LogP contribution in [0.15, 0.2) is 23.3 Å². The fourth-order valence-electron chi connectivity index (χ4n) is 2.88. The smallest absolute Gasteiger partial charge is 0.414 e. The highest BCUT2D eigenvalue weighted by molar-refractivity contribution is 7.80. The third kappa shape index (κ3) is 4.33. The number of thiocarbonyl (C=S) groups is 1. The Morgan fingerprint density at radius 2 is 2.30 bits per heavy atom. The van der Waals surface area contributed by atoms with Crippen LogP contribution in [0.2, 0.25) is 0 Å². The van der Waals surface area contributed by atoms with Gasteiger partial charge in [0.2, 0.25) is 6.41 Å². The zero-order valence-corrected chi connectivity index (χ0v) is 15.5. The van der Waals surface area contributed by atoms with Crippen molar-refractivity contribution in [3.8, 4) is 0 Å². The first-order valence-corrected chi connectivity index (χ1v) is 8.80. The highest BCUT2D eigenvalue weighted by atomic mass is 32.1. The lowest BCUT2D eigenvalue weighted by molar-refractivity contribution is -0.118. The average molecular weight is 394 g/mol. The summed E-state index contributed by atoms with van der Waals surface area (Å²) in [5.74, 6) is -0.490. The molecule has 1 atom stereocenters. The lowest BCUT2D eigenvalue weighted by atomic mass is 10.2. The fraction of sp³-hybridized carbons (Fsp3) is 0.412. The maximum atomic E-state index is 14.6. The standard InChI is InChI=1S/C17H19FN4O4S/c1-25-16(27)5-3-13-9-22(17(24)26-13)12-2-4-15(14(18)8-12)20-6-7-21(11-23)19-10-20/h2,4,8,10-11,13H,3,5-7,9H2,1H3/t13-/m0/s1. The molecule has 0 saturated carbocycles. The fourth-order valence-corrected chi connectivity index (χ4v) is 2.99. The number of hydrazone groups is 1. The van der Waals surface area contributed by atoms with Crippen LogP contribution in [0.1, 0.15) is 12.8 Å². The topological polar surface area (TPSA) is 74.7 Å². The van der Waals surface area contributed by atoms with E-state index in [1.807, 2.05) is 0 Å². The lowest BCUT2D eigenvalue weighted by Crippen LogP contribution is -2.37. The maximum Gasteiger partial charge on any atom is 0.414 e. The quantitative estimate of drug-likeness (QED) is 0.544. The molecule has 2 aliphatic rings. The summed E-state index contributed by atoms with van der Waals surface area (Å²) in [7, 11) is 1.50. The van der Waals surface area contributed by atoms with Gasteiger partial charge in [-0.15, -0.1) is 0 Å². The molecule has 2 aliphatic heterocycles. The second-order valence-electron chi connectivity index (χ2n) is 6.06. The number of benzene rings is 1. The Balaban J connectivity index is 1.68. The zero-order valence-electron chi connectivity index (χ0n) is 14.7. The van der Waals surface area contributed by atoms with Crippen LogP contribution >= 0.6 is 12.2 Å². The first kappa shape index (κ1) is 19.0. The molecule has 2 amide bonds. The van der Waals surface area contributed by atoms with E-state index in [1.54, 1.807) is 17.0 Å². The highest BCUT2D eigenvalue weighted by Gasteiger charge is 2.32. The molecule has 8 nitrogen and oxygen atoms in total. The Hall–Kier alpha value is -2.75. The number of amides is 2. The molecule has 0 aliphatic carbocycles. The van der Waals surface area contributed by atoms with Gasteiger partial charge in [-0.05, 0) is 36.8 Å². The van der Waals surface area contributed by atoms with Crippen LogP contribution in [0.3, 0.4) is 0 Å². The summed E-state index contributed by atoms with van der Waals surface area (Å²) in [6, 6.07) is 4.52. The number of cyclic esters (lactones) is 1. The normalized spacial score (nSPS) is 19.3. The number of nitrogens with zero attached hydrogens (tertiary/aromatic N) is 4. The van der Waals surface area contributed by atoms with Crippen molar-refractivity contribution < 1.29 is 23.5 Å². The minimum atomic E-state index is -0.517. The number of anilines is 2. The Bertz CT molecular complexity index is 775. The number of carbonyl (C=O) groups excluding carboxylic acids is 2. The van der Waals surface area contributed by atoms with Gasteiger partial charge in [-0.3, -0.25) is 9.69 Å².